The summed E-state index contributed by atoms with van der Waals surface area (Å²) in [4.78, 5) is 27.7. The van der Waals surface area contributed by atoms with Crippen LogP contribution in [0.4, 0.5) is 5.69 Å². The van der Waals surface area contributed by atoms with Crippen LogP contribution in [0, 0.1) is 5.92 Å². The monoisotopic (exact) mass is 595 g/mol. The number of sulfonamides is 1. The molecule has 0 radical (unpaired) electrons. The summed E-state index contributed by atoms with van der Waals surface area (Å²) < 4.78 is 32.6. The molecule has 0 bridgehead atoms. The average molecular weight is 597 g/mol. The van der Waals surface area contributed by atoms with E-state index >= 15 is 0 Å². The first-order chi connectivity index (χ1) is 17.4. The molecule has 8 nitrogen and oxygen atoms in total. The molecular weight excluding hydrogens is 558 g/mol. The Morgan fingerprint density at radius 2 is 1.65 bits per heavy atom. The van der Waals surface area contributed by atoms with Crippen molar-refractivity contribution in [2.24, 2.45) is 5.92 Å². The molecule has 0 aliphatic heterocycles. The highest BCUT2D eigenvalue weighted by molar-refractivity contribution is 9.10. The van der Waals surface area contributed by atoms with Gasteiger partial charge >= 0.3 is 0 Å². The van der Waals surface area contributed by atoms with Gasteiger partial charge in [0.25, 0.3) is 0 Å². The minimum atomic E-state index is -3.56. The molecule has 2 amide bonds. The minimum absolute atomic E-state index is 0.0986. The Labute approximate surface area is 229 Å². The molecule has 0 unspecified atom stereocenters. The van der Waals surface area contributed by atoms with Crippen molar-refractivity contribution in [3.8, 4) is 5.75 Å². The summed E-state index contributed by atoms with van der Waals surface area (Å²) in [5, 5.41) is 2.90. The van der Waals surface area contributed by atoms with Gasteiger partial charge in [-0.25, -0.2) is 8.42 Å². The number of anilines is 1. The maximum atomic E-state index is 13.3. The van der Waals surface area contributed by atoms with Crippen molar-refractivity contribution < 1.29 is 22.7 Å². The second kappa shape index (κ2) is 14.4. The second-order valence-electron chi connectivity index (χ2n) is 9.33. The summed E-state index contributed by atoms with van der Waals surface area (Å²) in [7, 11) is -3.56. The summed E-state index contributed by atoms with van der Waals surface area (Å²) in [6.07, 6.45) is 1.55. The number of hydrogen-bond acceptors (Lipinski definition) is 5. The van der Waals surface area contributed by atoms with Crippen LogP contribution in [-0.4, -0.2) is 57.1 Å². The van der Waals surface area contributed by atoms with Gasteiger partial charge in [-0.15, -0.1) is 0 Å². The summed E-state index contributed by atoms with van der Waals surface area (Å²) in [5.74, 6) is 0.515. The molecule has 2 aromatic carbocycles. The SMILES string of the molecule is CCOc1ccc(N(CCCC(=O)N(Cc2ccc(Br)cc2)[C@@H](C)C(=O)NCC(C)C)S(C)(=O)=O)cc1. The van der Waals surface area contributed by atoms with Crippen molar-refractivity contribution in [3.05, 3.63) is 58.6 Å². The largest absolute Gasteiger partial charge is 0.494 e. The third-order valence-corrected chi connectivity index (χ3v) is 7.43. The third-order valence-electron chi connectivity index (χ3n) is 5.71. The first kappa shape index (κ1) is 30.6. The van der Waals surface area contributed by atoms with Crippen molar-refractivity contribution in [1.29, 1.82) is 0 Å². The highest BCUT2D eigenvalue weighted by Crippen LogP contribution is 2.23. The van der Waals surface area contributed by atoms with Gasteiger partial charge in [0.2, 0.25) is 21.8 Å². The highest BCUT2D eigenvalue weighted by atomic mass is 79.9. The summed E-state index contributed by atoms with van der Waals surface area (Å²) in [6.45, 7) is 9.06. The fraction of sp³-hybridized carbons (Fsp3) is 0.481. The van der Waals surface area contributed by atoms with Crippen LogP contribution in [0.15, 0.2) is 53.0 Å². The van der Waals surface area contributed by atoms with E-state index in [0.717, 1.165) is 16.3 Å². The molecule has 204 valence electrons. The molecule has 0 spiro atoms. The molecule has 0 aromatic heterocycles. The summed E-state index contributed by atoms with van der Waals surface area (Å²) in [6, 6.07) is 13.7. The van der Waals surface area contributed by atoms with E-state index in [4.69, 9.17) is 4.74 Å². The number of carbonyl (C=O) groups excluding carboxylic acids is 2. The molecule has 2 aromatic rings. The van der Waals surface area contributed by atoms with Crippen molar-refractivity contribution in [2.45, 2.75) is 53.1 Å². The summed E-state index contributed by atoms with van der Waals surface area (Å²) in [5.41, 5.74) is 1.40. The predicted octanol–water partition coefficient (Wildman–Crippen LogP) is 4.58. The van der Waals surface area contributed by atoms with Gasteiger partial charge in [0, 0.05) is 30.5 Å². The van der Waals surface area contributed by atoms with Crippen LogP contribution in [0.3, 0.4) is 0 Å². The van der Waals surface area contributed by atoms with Crippen molar-refractivity contribution in [1.82, 2.24) is 10.2 Å². The number of amides is 2. The molecule has 2 rings (SSSR count). The first-order valence-electron chi connectivity index (χ1n) is 12.4. The molecule has 0 aliphatic rings. The van der Waals surface area contributed by atoms with Gasteiger partial charge in [-0.3, -0.25) is 13.9 Å². The molecule has 37 heavy (non-hydrogen) atoms. The van der Waals surface area contributed by atoms with E-state index in [0.29, 0.717) is 31.0 Å². The minimum Gasteiger partial charge on any atom is -0.494 e. The third kappa shape index (κ3) is 10.0. The number of halogens is 1. The van der Waals surface area contributed by atoms with Crippen LogP contribution in [0.1, 0.15) is 46.1 Å². The zero-order valence-corrected chi connectivity index (χ0v) is 24.6. The molecule has 1 N–H and O–H groups in total. The van der Waals surface area contributed by atoms with Crippen molar-refractivity contribution >= 4 is 43.5 Å². The lowest BCUT2D eigenvalue weighted by Gasteiger charge is -2.29. The number of hydrogen-bond donors (Lipinski definition) is 1. The number of nitrogens with one attached hydrogen (secondary N) is 1. The maximum absolute atomic E-state index is 13.3. The molecule has 0 aliphatic carbocycles. The van der Waals surface area contributed by atoms with Gasteiger partial charge in [-0.1, -0.05) is 41.9 Å². The topological polar surface area (TPSA) is 96.0 Å². The van der Waals surface area contributed by atoms with Crippen LogP contribution < -0.4 is 14.4 Å². The normalized spacial score (nSPS) is 12.2. The van der Waals surface area contributed by atoms with Crippen molar-refractivity contribution in [2.75, 3.05) is 30.3 Å². The van der Waals surface area contributed by atoms with Crippen molar-refractivity contribution in [3.63, 3.8) is 0 Å². The van der Waals surface area contributed by atoms with E-state index in [1.165, 1.54) is 4.31 Å². The van der Waals surface area contributed by atoms with Gasteiger partial charge in [0.1, 0.15) is 11.8 Å². The molecule has 0 fully saturated rings. The number of nitrogens with zero attached hydrogens (tertiary/aromatic N) is 2. The smallest absolute Gasteiger partial charge is 0.242 e. The molecule has 0 heterocycles. The van der Waals surface area contributed by atoms with Crippen LogP contribution in [0.5, 0.6) is 5.75 Å². The van der Waals surface area contributed by atoms with E-state index in [9.17, 15) is 18.0 Å². The van der Waals surface area contributed by atoms with E-state index in [1.807, 2.05) is 45.0 Å². The van der Waals surface area contributed by atoms with Crippen LogP contribution in [0.25, 0.3) is 0 Å². The molecule has 10 heteroatoms. The highest BCUT2D eigenvalue weighted by Gasteiger charge is 2.26. The number of ether oxygens (including phenoxy) is 1. The molecule has 0 saturated heterocycles. The van der Waals surface area contributed by atoms with Crippen LogP contribution >= 0.6 is 15.9 Å². The maximum Gasteiger partial charge on any atom is 0.242 e. The lowest BCUT2D eigenvalue weighted by molar-refractivity contribution is -0.140. The Kier molecular flexibility index (Phi) is 11.9. The molecule has 0 saturated carbocycles. The Bertz CT molecular complexity index is 1120. The van der Waals surface area contributed by atoms with Gasteiger partial charge in [0.15, 0.2) is 0 Å². The fourth-order valence-electron chi connectivity index (χ4n) is 3.70. The summed E-state index contributed by atoms with van der Waals surface area (Å²) >= 11 is 3.42. The van der Waals surface area contributed by atoms with E-state index < -0.39 is 16.1 Å². The van der Waals surface area contributed by atoms with Gasteiger partial charge < -0.3 is 15.0 Å². The van der Waals surface area contributed by atoms with Gasteiger partial charge in [0.05, 0.1) is 18.6 Å². The van der Waals surface area contributed by atoms with Gasteiger partial charge in [-0.2, -0.15) is 0 Å². The van der Waals surface area contributed by atoms with Crippen LogP contribution in [0.2, 0.25) is 0 Å². The number of benzene rings is 2. The average Bonchev–Trinajstić information content (AvgIpc) is 2.84. The number of carbonyl (C=O) groups is 2. The first-order valence-corrected chi connectivity index (χ1v) is 15.1. The second-order valence-corrected chi connectivity index (χ2v) is 12.2. The Morgan fingerprint density at radius 3 is 2.19 bits per heavy atom. The Hall–Kier alpha value is -2.59. The lowest BCUT2D eigenvalue weighted by atomic mass is 10.1. The van der Waals surface area contributed by atoms with E-state index in [1.54, 1.807) is 36.1 Å². The van der Waals surface area contributed by atoms with Crippen LogP contribution in [-0.2, 0) is 26.2 Å². The van der Waals surface area contributed by atoms with Gasteiger partial charge in [-0.05, 0) is 68.1 Å². The quantitative estimate of drug-likeness (QED) is 0.345. The lowest BCUT2D eigenvalue weighted by Crippen LogP contribution is -2.48. The Balaban J connectivity index is 2.14. The van der Waals surface area contributed by atoms with E-state index in [2.05, 4.69) is 21.2 Å². The molecule has 1 atom stereocenters. The zero-order chi connectivity index (χ0) is 27.6. The zero-order valence-electron chi connectivity index (χ0n) is 22.2. The standard InChI is InChI=1S/C27H38BrN3O5S/c1-6-36-25-15-13-24(14-16-25)31(37(5,34)35)17-7-8-26(32)30(19-22-9-11-23(28)12-10-22)21(4)27(33)29-18-20(2)3/h9-16,20-21H,6-8,17-19H2,1-5H3,(H,29,33)/t21-/m0/s1. The molecular formula is C27H38BrN3O5S. The number of rotatable bonds is 14. The van der Waals surface area contributed by atoms with E-state index in [-0.39, 0.29) is 37.2 Å². The Morgan fingerprint density at radius 1 is 1.03 bits per heavy atom. The predicted molar refractivity (Wildman–Crippen MR) is 151 cm³/mol. The fourth-order valence-corrected chi connectivity index (χ4v) is 4.93.